The van der Waals surface area contributed by atoms with Gasteiger partial charge in [-0.3, -0.25) is 4.99 Å². The molecule has 0 N–H and O–H groups in total. The Bertz CT molecular complexity index is 230. The fraction of sp³-hybridized carbons (Fsp3) is 0.125. The zero-order valence-electron chi connectivity index (χ0n) is 5.45. The number of dihydropyridines is 1. The standard InChI is InChI=1S/C8H7NO/c1-3-9-5-8-6-10-4-2-7(1)8/h1-2,4-6H,3H2. The van der Waals surface area contributed by atoms with Gasteiger partial charge >= 0.3 is 0 Å². The number of ether oxygens (including phenoxy) is 1. The van der Waals surface area contributed by atoms with Gasteiger partial charge in [-0.1, -0.05) is 6.08 Å². The summed E-state index contributed by atoms with van der Waals surface area (Å²) >= 11 is 0. The molecular formula is C8H7NO. The van der Waals surface area contributed by atoms with Gasteiger partial charge in [0, 0.05) is 11.8 Å². The van der Waals surface area contributed by atoms with Gasteiger partial charge in [-0.15, -0.1) is 0 Å². The molecule has 50 valence electrons. The number of aliphatic imine (C=N–C) groups is 1. The van der Waals surface area contributed by atoms with E-state index in [4.69, 9.17) is 4.74 Å². The summed E-state index contributed by atoms with van der Waals surface area (Å²) in [6.45, 7) is 0.789. The molecule has 0 fully saturated rings. The summed E-state index contributed by atoms with van der Waals surface area (Å²) < 4.78 is 4.96. The van der Waals surface area contributed by atoms with Gasteiger partial charge in [0.2, 0.25) is 0 Å². The highest BCUT2D eigenvalue weighted by Crippen LogP contribution is 2.16. The molecule has 0 saturated heterocycles. The highest BCUT2D eigenvalue weighted by atomic mass is 16.5. The highest BCUT2D eigenvalue weighted by Gasteiger charge is 2.05. The van der Waals surface area contributed by atoms with Crippen molar-refractivity contribution in [1.29, 1.82) is 0 Å². The maximum Gasteiger partial charge on any atom is 0.0995 e. The van der Waals surface area contributed by atoms with E-state index < -0.39 is 0 Å². The van der Waals surface area contributed by atoms with E-state index in [1.807, 2.05) is 12.3 Å². The molecule has 0 radical (unpaired) electrons. The van der Waals surface area contributed by atoms with Crippen molar-refractivity contribution in [1.82, 2.24) is 0 Å². The minimum atomic E-state index is 0.789. The van der Waals surface area contributed by atoms with Crippen molar-refractivity contribution in [2.24, 2.45) is 4.99 Å². The molecule has 2 aliphatic rings. The summed E-state index contributed by atoms with van der Waals surface area (Å²) in [5, 5.41) is 0. The second kappa shape index (κ2) is 2.14. The molecule has 0 saturated carbocycles. The van der Waals surface area contributed by atoms with Gasteiger partial charge in [0.15, 0.2) is 0 Å². The zero-order valence-corrected chi connectivity index (χ0v) is 5.45. The fourth-order valence-corrected chi connectivity index (χ4v) is 0.982. The summed E-state index contributed by atoms with van der Waals surface area (Å²) in [7, 11) is 0. The van der Waals surface area contributed by atoms with Crippen LogP contribution in [-0.2, 0) is 4.74 Å². The van der Waals surface area contributed by atoms with Crippen molar-refractivity contribution >= 4 is 6.21 Å². The third kappa shape index (κ3) is 0.778. The number of rotatable bonds is 0. The first-order chi connectivity index (χ1) is 4.97. The quantitative estimate of drug-likeness (QED) is 0.489. The van der Waals surface area contributed by atoms with Gasteiger partial charge in [0.05, 0.1) is 19.1 Å². The van der Waals surface area contributed by atoms with Gasteiger partial charge in [-0.25, -0.2) is 0 Å². The fourth-order valence-electron chi connectivity index (χ4n) is 0.982. The average molecular weight is 133 g/mol. The van der Waals surface area contributed by atoms with Crippen molar-refractivity contribution in [3.63, 3.8) is 0 Å². The Hall–Kier alpha value is -1.31. The van der Waals surface area contributed by atoms with Crippen molar-refractivity contribution < 1.29 is 4.74 Å². The third-order valence-corrected chi connectivity index (χ3v) is 1.50. The normalized spacial score (nSPS) is 20.8. The van der Waals surface area contributed by atoms with Crippen molar-refractivity contribution in [3.8, 4) is 0 Å². The molecular weight excluding hydrogens is 126 g/mol. The third-order valence-electron chi connectivity index (χ3n) is 1.50. The molecule has 2 nitrogen and oxygen atoms in total. The Labute approximate surface area is 59.2 Å². The first-order valence-electron chi connectivity index (χ1n) is 3.19. The largest absolute Gasteiger partial charge is 0.472 e. The Kier molecular flexibility index (Phi) is 1.17. The van der Waals surface area contributed by atoms with Crippen LogP contribution in [0.1, 0.15) is 0 Å². The second-order valence-corrected chi connectivity index (χ2v) is 2.17. The summed E-state index contributed by atoms with van der Waals surface area (Å²) in [5.41, 5.74) is 2.27. The van der Waals surface area contributed by atoms with Crippen LogP contribution in [0.15, 0.2) is 40.8 Å². The van der Waals surface area contributed by atoms with Gasteiger partial charge in [-0.2, -0.15) is 0 Å². The van der Waals surface area contributed by atoms with Gasteiger partial charge in [0.1, 0.15) is 0 Å². The SMILES string of the molecule is C1=CC2=CCN=CC2=CO1. The average Bonchev–Trinajstić information content (AvgIpc) is 2.05. The number of nitrogens with zero attached hydrogens (tertiary/aromatic N) is 1. The van der Waals surface area contributed by atoms with Gasteiger partial charge in [0.25, 0.3) is 0 Å². The van der Waals surface area contributed by atoms with Crippen LogP contribution in [0.25, 0.3) is 0 Å². The second-order valence-electron chi connectivity index (χ2n) is 2.17. The van der Waals surface area contributed by atoms with Crippen LogP contribution in [0.4, 0.5) is 0 Å². The molecule has 2 heteroatoms. The lowest BCUT2D eigenvalue weighted by atomic mass is 10.1. The van der Waals surface area contributed by atoms with E-state index in [1.165, 1.54) is 5.57 Å². The maximum absolute atomic E-state index is 4.96. The minimum Gasteiger partial charge on any atom is -0.472 e. The van der Waals surface area contributed by atoms with E-state index in [0.29, 0.717) is 0 Å². The van der Waals surface area contributed by atoms with Crippen molar-refractivity contribution in [3.05, 3.63) is 35.8 Å². The number of hydrogen-bond donors (Lipinski definition) is 0. The molecule has 0 unspecified atom stereocenters. The zero-order chi connectivity index (χ0) is 6.81. The molecule has 2 aliphatic heterocycles. The number of allylic oxidation sites excluding steroid dienone is 3. The molecule has 0 atom stereocenters. The smallest absolute Gasteiger partial charge is 0.0995 e. The van der Waals surface area contributed by atoms with Crippen LogP contribution in [-0.4, -0.2) is 12.8 Å². The van der Waals surface area contributed by atoms with Crippen molar-refractivity contribution in [2.45, 2.75) is 0 Å². The van der Waals surface area contributed by atoms with E-state index in [9.17, 15) is 0 Å². The maximum atomic E-state index is 4.96. The summed E-state index contributed by atoms with van der Waals surface area (Å²) in [5.74, 6) is 0. The van der Waals surface area contributed by atoms with E-state index in [0.717, 1.165) is 12.1 Å². The van der Waals surface area contributed by atoms with Crippen molar-refractivity contribution in [2.75, 3.05) is 6.54 Å². The predicted octanol–water partition coefficient (Wildman–Crippen LogP) is 1.43. The number of fused-ring (bicyclic) bond motifs is 1. The molecule has 10 heavy (non-hydrogen) atoms. The van der Waals surface area contributed by atoms with Gasteiger partial charge in [-0.05, 0) is 11.6 Å². The Morgan fingerprint density at radius 1 is 1.40 bits per heavy atom. The van der Waals surface area contributed by atoms with Crippen LogP contribution in [0.3, 0.4) is 0 Å². The monoisotopic (exact) mass is 133 g/mol. The van der Waals surface area contributed by atoms with Gasteiger partial charge < -0.3 is 4.74 Å². The molecule has 0 aromatic carbocycles. The molecule has 0 aromatic rings. The predicted molar refractivity (Wildman–Crippen MR) is 39.8 cm³/mol. The van der Waals surface area contributed by atoms with Crippen LogP contribution in [0.2, 0.25) is 0 Å². The Balaban J connectivity index is 2.38. The first-order valence-corrected chi connectivity index (χ1v) is 3.19. The Morgan fingerprint density at radius 2 is 2.40 bits per heavy atom. The molecule has 0 aromatic heterocycles. The van der Waals surface area contributed by atoms with E-state index in [2.05, 4.69) is 11.1 Å². The van der Waals surface area contributed by atoms with E-state index in [1.54, 1.807) is 12.5 Å². The summed E-state index contributed by atoms with van der Waals surface area (Å²) in [6, 6.07) is 0. The molecule has 0 bridgehead atoms. The molecule has 0 aliphatic carbocycles. The lowest BCUT2D eigenvalue weighted by molar-refractivity contribution is 0.396. The minimum absolute atomic E-state index is 0.789. The number of hydrogen-bond acceptors (Lipinski definition) is 2. The van der Waals surface area contributed by atoms with Crippen LogP contribution < -0.4 is 0 Å². The van der Waals surface area contributed by atoms with E-state index >= 15 is 0 Å². The topological polar surface area (TPSA) is 21.6 Å². The van der Waals surface area contributed by atoms with E-state index in [-0.39, 0.29) is 0 Å². The highest BCUT2D eigenvalue weighted by molar-refractivity contribution is 5.87. The lowest BCUT2D eigenvalue weighted by Crippen LogP contribution is -1.99. The lowest BCUT2D eigenvalue weighted by Gasteiger charge is -2.10. The van der Waals surface area contributed by atoms with Crippen LogP contribution >= 0.6 is 0 Å². The summed E-state index contributed by atoms with van der Waals surface area (Å²) in [6.07, 6.45) is 9.23. The molecule has 0 amide bonds. The first kappa shape index (κ1) is 5.47. The molecule has 0 spiro atoms. The molecule has 2 heterocycles. The van der Waals surface area contributed by atoms with Crippen LogP contribution in [0, 0.1) is 0 Å². The Morgan fingerprint density at radius 3 is 3.30 bits per heavy atom. The van der Waals surface area contributed by atoms with Crippen LogP contribution in [0.5, 0.6) is 0 Å². The summed E-state index contributed by atoms with van der Waals surface area (Å²) in [4.78, 5) is 4.08. The molecule has 2 rings (SSSR count).